The summed E-state index contributed by atoms with van der Waals surface area (Å²) in [5.41, 5.74) is 6.31. The van der Waals surface area contributed by atoms with E-state index in [1.165, 1.54) is 25.7 Å². The van der Waals surface area contributed by atoms with Crippen molar-refractivity contribution in [2.45, 2.75) is 38.6 Å². The van der Waals surface area contributed by atoms with Crippen LogP contribution in [0.15, 0.2) is 18.3 Å². The van der Waals surface area contributed by atoms with Crippen molar-refractivity contribution in [2.24, 2.45) is 5.92 Å². The fraction of sp³-hybridized carbons (Fsp3) is 0.583. The Bertz CT molecular complexity index is 301. The third-order valence-electron chi connectivity index (χ3n) is 3.27. The van der Waals surface area contributed by atoms with Gasteiger partial charge in [-0.05, 0) is 37.8 Å². The summed E-state index contributed by atoms with van der Waals surface area (Å²) in [6, 6.07) is 4.35. The fourth-order valence-electron chi connectivity index (χ4n) is 2.30. The van der Waals surface area contributed by atoms with Gasteiger partial charge in [0.2, 0.25) is 0 Å². The predicted molar refractivity (Wildman–Crippen MR) is 63.7 cm³/mol. The maximum atomic E-state index is 5.59. The zero-order valence-electron chi connectivity index (χ0n) is 9.24. The molecule has 1 heterocycles. The molecule has 0 aliphatic heterocycles. The van der Waals surface area contributed by atoms with E-state index in [9.17, 15) is 0 Å². The van der Waals surface area contributed by atoms with Gasteiger partial charge >= 0.3 is 0 Å². The van der Waals surface area contributed by atoms with Gasteiger partial charge < -0.3 is 11.1 Å². The van der Waals surface area contributed by atoms with Crippen molar-refractivity contribution < 1.29 is 0 Å². The molecule has 1 aliphatic carbocycles. The molecule has 3 heteroatoms. The van der Waals surface area contributed by atoms with Crippen LogP contribution in [0.2, 0.25) is 0 Å². The number of anilines is 2. The summed E-state index contributed by atoms with van der Waals surface area (Å²) in [5.74, 6) is 1.74. The number of nitrogen functional groups attached to an aromatic ring is 1. The van der Waals surface area contributed by atoms with Gasteiger partial charge in [-0.25, -0.2) is 4.98 Å². The van der Waals surface area contributed by atoms with E-state index in [0.717, 1.165) is 11.7 Å². The molecule has 15 heavy (non-hydrogen) atoms. The summed E-state index contributed by atoms with van der Waals surface area (Å²) in [6.07, 6.45) is 7.16. The zero-order valence-corrected chi connectivity index (χ0v) is 9.24. The number of nitrogens with one attached hydrogen (secondary N) is 1. The average molecular weight is 205 g/mol. The Kier molecular flexibility index (Phi) is 3.09. The van der Waals surface area contributed by atoms with Gasteiger partial charge in [0.25, 0.3) is 0 Å². The second-order valence-corrected chi connectivity index (χ2v) is 4.45. The summed E-state index contributed by atoms with van der Waals surface area (Å²) < 4.78 is 0. The van der Waals surface area contributed by atoms with Gasteiger partial charge in [-0.3, -0.25) is 0 Å². The van der Waals surface area contributed by atoms with Crippen LogP contribution < -0.4 is 11.1 Å². The van der Waals surface area contributed by atoms with Crippen molar-refractivity contribution in [2.75, 3.05) is 11.1 Å². The lowest BCUT2D eigenvalue weighted by atomic mass is 10.00. The number of hydrogen-bond acceptors (Lipinski definition) is 3. The molecular formula is C12H19N3. The highest BCUT2D eigenvalue weighted by Crippen LogP contribution is 2.28. The van der Waals surface area contributed by atoms with Crippen molar-refractivity contribution >= 4 is 11.5 Å². The van der Waals surface area contributed by atoms with E-state index in [2.05, 4.69) is 17.2 Å². The number of aromatic nitrogens is 1. The molecule has 3 N–H and O–H groups in total. The van der Waals surface area contributed by atoms with Gasteiger partial charge in [0.1, 0.15) is 5.82 Å². The highest BCUT2D eigenvalue weighted by atomic mass is 15.0. The van der Waals surface area contributed by atoms with Crippen molar-refractivity contribution in [1.29, 1.82) is 0 Å². The minimum Gasteiger partial charge on any atom is -0.397 e. The first kappa shape index (κ1) is 10.3. The minimum absolute atomic E-state index is 0.517. The maximum Gasteiger partial charge on any atom is 0.126 e. The first-order valence-corrected chi connectivity index (χ1v) is 5.74. The molecule has 1 fully saturated rings. The quantitative estimate of drug-likeness (QED) is 0.797. The second kappa shape index (κ2) is 4.51. The van der Waals surface area contributed by atoms with Gasteiger partial charge in [0, 0.05) is 6.04 Å². The molecule has 3 nitrogen and oxygen atoms in total. The molecule has 0 radical (unpaired) electrons. The monoisotopic (exact) mass is 205 g/mol. The summed E-state index contributed by atoms with van der Waals surface area (Å²) in [5, 5.41) is 3.44. The summed E-state index contributed by atoms with van der Waals surface area (Å²) in [6.45, 7) is 2.24. The number of pyridine rings is 1. The molecule has 2 rings (SSSR count). The molecule has 1 aliphatic rings. The molecule has 1 aromatic heterocycles. The lowest BCUT2D eigenvalue weighted by Crippen LogP contribution is -2.24. The van der Waals surface area contributed by atoms with E-state index < -0.39 is 0 Å². The van der Waals surface area contributed by atoms with Crippen molar-refractivity contribution in [3.63, 3.8) is 0 Å². The Morgan fingerprint density at radius 1 is 1.40 bits per heavy atom. The molecular weight excluding hydrogens is 186 g/mol. The molecule has 82 valence electrons. The minimum atomic E-state index is 0.517. The van der Waals surface area contributed by atoms with Crippen LogP contribution in [0.3, 0.4) is 0 Å². The van der Waals surface area contributed by atoms with E-state index in [1.807, 2.05) is 12.1 Å². The van der Waals surface area contributed by atoms with Crippen LogP contribution in [0.5, 0.6) is 0 Å². The van der Waals surface area contributed by atoms with Crippen LogP contribution >= 0.6 is 0 Å². The molecule has 0 bridgehead atoms. The van der Waals surface area contributed by atoms with Crippen molar-refractivity contribution in [3.05, 3.63) is 18.3 Å². The van der Waals surface area contributed by atoms with Crippen LogP contribution in [0, 0.1) is 5.92 Å². The van der Waals surface area contributed by atoms with Crippen LogP contribution in [0.4, 0.5) is 11.5 Å². The van der Waals surface area contributed by atoms with Gasteiger partial charge in [-0.1, -0.05) is 12.8 Å². The Hall–Kier alpha value is -1.25. The highest BCUT2D eigenvalue weighted by molar-refractivity contribution is 5.44. The lowest BCUT2D eigenvalue weighted by molar-refractivity contribution is 0.481. The number of nitrogens with two attached hydrogens (primary N) is 1. The van der Waals surface area contributed by atoms with Crippen LogP contribution in [0.25, 0.3) is 0 Å². The van der Waals surface area contributed by atoms with Gasteiger partial charge in [-0.15, -0.1) is 0 Å². The zero-order chi connectivity index (χ0) is 10.7. The average Bonchev–Trinajstić information content (AvgIpc) is 2.74. The second-order valence-electron chi connectivity index (χ2n) is 4.45. The first-order valence-electron chi connectivity index (χ1n) is 5.74. The third-order valence-corrected chi connectivity index (χ3v) is 3.27. The normalized spacial score (nSPS) is 19.0. The lowest BCUT2D eigenvalue weighted by Gasteiger charge is -2.20. The third kappa shape index (κ3) is 2.61. The largest absolute Gasteiger partial charge is 0.397 e. The summed E-state index contributed by atoms with van der Waals surface area (Å²) in [7, 11) is 0. The number of rotatable bonds is 3. The first-order chi connectivity index (χ1) is 7.25. The number of hydrogen-bond donors (Lipinski definition) is 2. The molecule has 1 atom stereocenters. The van der Waals surface area contributed by atoms with E-state index >= 15 is 0 Å². The fourth-order valence-corrected chi connectivity index (χ4v) is 2.30. The summed E-state index contributed by atoms with van der Waals surface area (Å²) in [4.78, 5) is 4.25. The standard InChI is InChI=1S/C12H19N3/c1-9(10-4-2-3-5-10)15-12-7-6-11(13)8-14-12/h6-10H,2-5,13H2,1H3,(H,14,15). The van der Waals surface area contributed by atoms with Crippen LogP contribution in [0.1, 0.15) is 32.6 Å². The molecule has 0 spiro atoms. The maximum absolute atomic E-state index is 5.59. The predicted octanol–water partition coefficient (Wildman–Crippen LogP) is 2.65. The SMILES string of the molecule is CC(Nc1ccc(N)cn1)C1CCCC1. The van der Waals surface area contributed by atoms with Gasteiger partial charge in [0.05, 0.1) is 11.9 Å². The molecule has 0 amide bonds. The van der Waals surface area contributed by atoms with Gasteiger partial charge in [0.15, 0.2) is 0 Å². The van der Waals surface area contributed by atoms with Crippen LogP contribution in [-0.4, -0.2) is 11.0 Å². The van der Waals surface area contributed by atoms with E-state index in [-0.39, 0.29) is 0 Å². The molecule has 1 saturated carbocycles. The Labute approximate surface area is 91.1 Å². The summed E-state index contributed by atoms with van der Waals surface area (Å²) >= 11 is 0. The van der Waals surface area contributed by atoms with Crippen molar-refractivity contribution in [1.82, 2.24) is 4.98 Å². The Balaban J connectivity index is 1.92. The smallest absolute Gasteiger partial charge is 0.126 e. The Morgan fingerprint density at radius 3 is 2.73 bits per heavy atom. The topological polar surface area (TPSA) is 50.9 Å². The van der Waals surface area contributed by atoms with E-state index in [4.69, 9.17) is 5.73 Å². The van der Waals surface area contributed by atoms with Crippen LogP contribution in [-0.2, 0) is 0 Å². The van der Waals surface area contributed by atoms with Crippen molar-refractivity contribution in [3.8, 4) is 0 Å². The molecule has 1 unspecified atom stereocenters. The number of nitrogens with zero attached hydrogens (tertiary/aromatic N) is 1. The van der Waals surface area contributed by atoms with E-state index in [1.54, 1.807) is 6.20 Å². The molecule has 0 saturated heterocycles. The van der Waals surface area contributed by atoms with Gasteiger partial charge in [-0.2, -0.15) is 0 Å². The molecule has 0 aromatic carbocycles. The Morgan fingerprint density at radius 2 is 2.13 bits per heavy atom. The highest BCUT2D eigenvalue weighted by Gasteiger charge is 2.21. The van der Waals surface area contributed by atoms with E-state index in [0.29, 0.717) is 11.7 Å². The molecule has 1 aromatic rings.